The zero-order valence-corrected chi connectivity index (χ0v) is 11.9. The number of hydrazine groups is 1. The Labute approximate surface area is 117 Å². The number of primary amides is 1. The average molecular weight is 283 g/mol. The van der Waals surface area contributed by atoms with Gasteiger partial charge < -0.3 is 15.8 Å². The third-order valence-corrected chi connectivity index (χ3v) is 2.53. The maximum Gasteiger partial charge on any atom is 0.323 e. The van der Waals surface area contributed by atoms with Crippen LogP contribution < -0.4 is 27.1 Å². The van der Waals surface area contributed by atoms with E-state index in [-0.39, 0.29) is 24.5 Å². The number of carbonyl (C=O) groups is 1. The van der Waals surface area contributed by atoms with E-state index in [1.165, 1.54) is 0 Å². The Bertz CT molecular complexity index is 464. The molecule has 0 aliphatic heterocycles. The molecule has 0 unspecified atom stereocenters. The van der Waals surface area contributed by atoms with E-state index in [4.69, 9.17) is 16.3 Å². The molecular weight excluding hydrogens is 262 g/mol. The molecule has 0 saturated heterocycles. The summed E-state index contributed by atoms with van der Waals surface area (Å²) in [6.45, 7) is 6.18. The summed E-state index contributed by atoms with van der Waals surface area (Å²) in [6, 6.07) is 0.161. The van der Waals surface area contributed by atoms with Gasteiger partial charge in [-0.15, -0.1) is 0 Å². The monoisotopic (exact) mass is 283 g/mol. The first-order valence-corrected chi connectivity index (χ1v) is 6.28. The fraction of sp³-hybridized carbons (Fsp3) is 0.636. The summed E-state index contributed by atoms with van der Waals surface area (Å²) in [6.07, 6.45) is 0.828. The van der Waals surface area contributed by atoms with Crippen LogP contribution in [-0.4, -0.2) is 34.0 Å². The highest BCUT2D eigenvalue weighted by molar-refractivity contribution is 5.80. The zero-order valence-electron chi connectivity index (χ0n) is 11.9. The van der Waals surface area contributed by atoms with Crippen LogP contribution in [0.1, 0.15) is 27.2 Å². The van der Waals surface area contributed by atoms with Crippen LogP contribution in [0.3, 0.4) is 0 Å². The van der Waals surface area contributed by atoms with Gasteiger partial charge in [-0.25, -0.2) is 5.84 Å². The number of aromatic nitrogens is 3. The van der Waals surface area contributed by atoms with Crippen LogP contribution in [0.2, 0.25) is 0 Å². The van der Waals surface area contributed by atoms with Gasteiger partial charge in [0.15, 0.2) is 0 Å². The Morgan fingerprint density at radius 1 is 1.30 bits per heavy atom. The highest BCUT2D eigenvalue weighted by atomic mass is 16.5. The standard InChI is InChI=1S/C11H21N7O2/c1-4-5-20-10-16-8(15-9(17-10)18-13)14-6-11(2,3)7(12)19/h4-6,13H2,1-3H3,(H2,12,19)(H2,14,15,16,17,18). The lowest BCUT2D eigenvalue weighted by Gasteiger charge is -2.20. The van der Waals surface area contributed by atoms with Crippen LogP contribution in [0.15, 0.2) is 0 Å². The summed E-state index contributed by atoms with van der Waals surface area (Å²) in [5, 5.41) is 2.92. The van der Waals surface area contributed by atoms with Crippen LogP contribution in [-0.2, 0) is 4.79 Å². The number of nitrogen functional groups attached to an aromatic ring is 1. The van der Waals surface area contributed by atoms with E-state index >= 15 is 0 Å². The van der Waals surface area contributed by atoms with E-state index in [9.17, 15) is 4.79 Å². The van der Waals surface area contributed by atoms with Crippen LogP contribution in [0.4, 0.5) is 11.9 Å². The summed E-state index contributed by atoms with van der Waals surface area (Å²) in [5.74, 6) is 5.30. The highest BCUT2D eigenvalue weighted by Gasteiger charge is 2.25. The topological polar surface area (TPSA) is 141 Å². The lowest BCUT2D eigenvalue weighted by Crippen LogP contribution is -2.37. The van der Waals surface area contributed by atoms with E-state index in [0.29, 0.717) is 6.61 Å². The summed E-state index contributed by atoms with van der Waals surface area (Å²) >= 11 is 0. The van der Waals surface area contributed by atoms with Gasteiger partial charge >= 0.3 is 6.01 Å². The first kappa shape index (κ1) is 15.9. The first-order chi connectivity index (χ1) is 9.39. The van der Waals surface area contributed by atoms with Crippen molar-refractivity contribution in [1.82, 2.24) is 15.0 Å². The molecule has 0 spiro atoms. The van der Waals surface area contributed by atoms with E-state index in [1.54, 1.807) is 13.8 Å². The van der Waals surface area contributed by atoms with Gasteiger partial charge in [0.25, 0.3) is 0 Å². The molecule has 0 aliphatic rings. The molecule has 1 aromatic rings. The molecule has 0 saturated carbocycles. The predicted octanol–water partition coefficient (Wildman–Crippen LogP) is -0.131. The minimum atomic E-state index is -0.729. The zero-order chi connectivity index (χ0) is 15.2. The molecule has 0 fully saturated rings. The summed E-state index contributed by atoms with van der Waals surface area (Å²) in [4.78, 5) is 23.3. The molecule has 0 radical (unpaired) electrons. The predicted molar refractivity (Wildman–Crippen MR) is 74.9 cm³/mol. The number of nitrogens with zero attached hydrogens (tertiary/aromatic N) is 3. The minimum absolute atomic E-state index is 0.161. The number of nitrogens with two attached hydrogens (primary N) is 2. The van der Waals surface area contributed by atoms with Crippen LogP contribution in [0.25, 0.3) is 0 Å². The lowest BCUT2D eigenvalue weighted by molar-refractivity contribution is -0.125. The lowest BCUT2D eigenvalue weighted by atomic mass is 9.93. The van der Waals surface area contributed by atoms with E-state index in [1.807, 2.05) is 6.92 Å². The molecule has 1 amide bonds. The Morgan fingerprint density at radius 2 is 1.95 bits per heavy atom. The Kier molecular flexibility index (Phi) is 5.44. The molecule has 9 nitrogen and oxygen atoms in total. The Hall–Kier alpha value is -2.16. The van der Waals surface area contributed by atoms with Crippen LogP contribution in [0, 0.1) is 5.41 Å². The largest absolute Gasteiger partial charge is 0.463 e. The van der Waals surface area contributed by atoms with E-state index in [2.05, 4.69) is 25.7 Å². The fourth-order valence-electron chi connectivity index (χ4n) is 1.15. The fourth-order valence-corrected chi connectivity index (χ4v) is 1.15. The van der Waals surface area contributed by atoms with Crippen LogP contribution in [0.5, 0.6) is 6.01 Å². The van der Waals surface area contributed by atoms with Crippen LogP contribution >= 0.6 is 0 Å². The number of carbonyl (C=O) groups excluding carboxylic acids is 1. The normalized spacial score (nSPS) is 11.0. The molecule has 0 aliphatic carbocycles. The van der Waals surface area contributed by atoms with Crippen molar-refractivity contribution in [2.24, 2.45) is 17.0 Å². The highest BCUT2D eigenvalue weighted by Crippen LogP contribution is 2.16. The number of rotatable bonds is 8. The third kappa shape index (κ3) is 4.50. The molecule has 1 aromatic heterocycles. The second-order valence-corrected chi connectivity index (χ2v) is 4.86. The molecule has 1 heterocycles. The average Bonchev–Trinajstić information content (AvgIpc) is 2.42. The molecule has 6 N–H and O–H groups in total. The molecule has 9 heteroatoms. The molecule has 0 atom stereocenters. The SMILES string of the molecule is CCCOc1nc(NN)nc(NCC(C)(C)C(N)=O)n1. The van der Waals surface area contributed by atoms with Gasteiger partial charge in [-0.3, -0.25) is 10.2 Å². The molecule has 1 rings (SSSR count). The quantitative estimate of drug-likeness (QED) is 0.382. The van der Waals surface area contributed by atoms with E-state index < -0.39 is 11.3 Å². The number of ether oxygens (including phenoxy) is 1. The number of hydrogen-bond donors (Lipinski definition) is 4. The van der Waals surface area contributed by atoms with Crippen molar-refractivity contribution in [1.29, 1.82) is 0 Å². The van der Waals surface area contributed by atoms with Gasteiger partial charge in [-0.2, -0.15) is 15.0 Å². The van der Waals surface area contributed by atoms with Crippen molar-refractivity contribution < 1.29 is 9.53 Å². The summed E-state index contributed by atoms with van der Waals surface area (Å²) < 4.78 is 5.33. The smallest absolute Gasteiger partial charge is 0.323 e. The second kappa shape index (κ2) is 6.85. The van der Waals surface area contributed by atoms with Crippen molar-refractivity contribution >= 4 is 17.8 Å². The van der Waals surface area contributed by atoms with Gasteiger partial charge in [-0.05, 0) is 20.3 Å². The Morgan fingerprint density at radius 3 is 2.50 bits per heavy atom. The number of hydrogen-bond acceptors (Lipinski definition) is 8. The van der Waals surface area contributed by atoms with Gasteiger partial charge in [-0.1, -0.05) is 6.92 Å². The van der Waals surface area contributed by atoms with Gasteiger partial charge in [0, 0.05) is 6.54 Å². The molecule has 20 heavy (non-hydrogen) atoms. The second-order valence-electron chi connectivity index (χ2n) is 4.86. The third-order valence-electron chi connectivity index (χ3n) is 2.53. The Balaban J connectivity index is 2.80. The van der Waals surface area contributed by atoms with Gasteiger partial charge in [0.05, 0.1) is 12.0 Å². The minimum Gasteiger partial charge on any atom is -0.463 e. The molecule has 0 bridgehead atoms. The van der Waals surface area contributed by atoms with Gasteiger partial charge in [0.1, 0.15) is 0 Å². The number of nitrogens with one attached hydrogen (secondary N) is 2. The van der Waals surface area contributed by atoms with Crippen molar-refractivity contribution in [2.75, 3.05) is 23.9 Å². The molecule has 112 valence electrons. The number of anilines is 2. The summed E-state index contributed by atoms with van der Waals surface area (Å²) in [5.41, 5.74) is 6.90. The number of amides is 1. The van der Waals surface area contributed by atoms with Crippen molar-refractivity contribution in [3.05, 3.63) is 0 Å². The van der Waals surface area contributed by atoms with Gasteiger partial charge in [0.2, 0.25) is 17.8 Å². The maximum atomic E-state index is 11.2. The summed E-state index contributed by atoms with van der Waals surface area (Å²) in [7, 11) is 0. The van der Waals surface area contributed by atoms with Crippen molar-refractivity contribution in [2.45, 2.75) is 27.2 Å². The van der Waals surface area contributed by atoms with Crippen molar-refractivity contribution in [3.63, 3.8) is 0 Å². The molecular formula is C11H21N7O2. The van der Waals surface area contributed by atoms with E-state index in [0.717, 1.165) is 6.42 Å². The maximum absolute atomic E-state index is 11.2. The first-order valence-electron chi connectivity index (χ1n) is 6.28. The molecule has 0 aromatic carbocycles. The van der Waals surface area contributed by atoms with Crippen molar-refractivity contribution in [3.8, 4) is 6.01 Å².